The Balaban J connectivity index is 1.45. The number of nitrogens with zero attached hydrogens (tertiary/aromatic N) is 6. The minimum atomic E-state index is -0.0217. The van der Waals surface area contributed by atoms with Gasteiger partial charge in [-0.2, -0.15) is 10.2 Å². The summed E-state index contributed by atoms with van der Waals surface area (Å²) in [5, 5.41) is 11.8. The molecule has 2 aromatic heterocycles. The second kappa shape index (κ2) is 6.64. The van der Waals surface area contributed by atoms with E-state index in [1.807, 2.05) is 37.4 Å². The summed E-state index contributed by atoms with van der Waals surface area (Å²) in [6, 6.07) is 9.96. The van der Waals surface area contributed by atoms with E-state index in [-0.39, 0.29) is 11.7 Å². The number of amides is 1. The van der Waals surface area contributed by atoms with E-state index in [0.717, 1.165) is 33.8 Å². The van der Waals surface area contributed by atoms with Crippen LogP contribution in [-0.2, 0) is 11.8 Å². The number of aromatic nitrogens is 4. The topological polar surface area (TPSA) is 76.3 Å². The van der Waals surface area contributed by atoms with Crippen molar-refractivity contribution in [1.29, 1.82) is 0 Å². The Labute approximate surface area is 148 Å². The second-order valence-corrected chi connectivity index (χ2v) is 6.62. The molecule has 0 saturated carbocycles. The van der Waals surface area contributed by atoms with E-state index in [2.05, 4.69) is 20.2 Å². The monoisotopic (exact) mass is 352 g/mol. The smallest absolute Gasteiger partial charge is 0.253 e. The lowest BCUT2D eigenvalue weighted by molar-refractivity contribution is -0.127. The number of carbonyl (C=O) groups excluding carboxylic acids is 1. The van der Waals surface area contributed by atoms with Crippen LogP contribution in [0.1, 0.15) is 12.0 Å². The summed E-state index contributed by atoms with van der Waals surface area (Å²) < 4.78 is 1.69. The molecule has 4 rings (SSSR count). The number of rotatable bonds is 4. The molecule has 126 valence electrons. The molecule has 0 fully saturated rings. The van der Waals surface area contributed by atoms with Gasteiger partial charge in [0.25, 0.3) is 5.91 Å². The highest BCUT2D eigenvalue weighted by Crippen LogP contribution is 2.24. The first kappa shape index (κ1) is 15.8. The molecule has 25 heavy (non-hydrogen) atoms. The molecule has 1 amide bonds. The van der Waals surface area contributed by atoms with Crippen LogP contribution < -0.4 is 0 Å². The van der Waals surface area contributed by atoms with E-state index in [1.165, 1.54) is 18.1 Å². The van der Waals surface area contributed by atoms with Crippen LogP contribution in [0.5, 0.6) is 0 Å². The summed E-state index contributed by atoms with van der Waals surface area (Å²) in [5.41, 5.74) is 2.78. The number of thioether (sulfide) groups is 1. The maximum atomic E-state index is 12.5. The lowest BCUT2D eigenvalue weighted by Crippen LogP contribution is -2.25. The van der Waals surface area contributed by atoms with Gasteiger partial charge in [-0.3, -0.25) is 9.48 Å². The van der Waals surface area contributed by atoms with Crippen LogP contribution in [0.25, 0.3) is 11.0 Å². The van der Waals surface area contributed by atoms with Crippen LogP contribution in [0.2, 0.25) is 0 Å². The van der Waals surface area contributed by atoms with Crippen molar-refractivity contribution >= 4 is 34.4 Å². The number of aryl methyl sites for hydroxylation is 1. The third kappa shape index (κ3) is 3.12. The van der Waals surface area contributed by atoms with Gasteiger partial charge in [0.1, 0.15) is 11.4 Å². The molecule has 7 nitrogen and oxygen atoms in total. The molecule has 1 aromatic carbocycles. The maximum Gasteiger partial charge on any atom is 0.253 e. The van der Waals surface area contributed by atoms with Gasteiger partial charge < -0.3 is 0 Å². The van der Waals surface area contributed by atoms with Gasteiger partial charge in [0, 0.05) is 13.5 Å². The fraction of sp³-hybridized carbons (Fsp3) is 0.235. The summed E-state index contributed by atoms with van der Waals surface area (Å²) in [4.78, 5) is 21.0. The van der Waals surface area contributed by atoms with E-state index < -0.39 is 0 Å². The summed E-state index contributed by atoms with van der Waals surface area (Å²) >= 11 is 1.39. The van der Waals surface area contributed by atoms with Crippen LogP contribution in [-0.4, -0.2) is 48.7 Å². The minimum Gasteiger partial charge on any atom is -0.272 e. The fourth-order valence-corrected chi connectivity index (χ4v) is 3.56. The predicted molar refractivity (Wildman–Crippen MR) is 96.3 cm³/mol. The molecule has 0 radical (unpaired) electrons. The zero-order valence-electron chi connectivity index (χ0n) is 13.7. The maximum absolute atomic E-state index is 12.5. The first-order valence-electron chi connectivity index (χ1n) is 7.91. The Morgan fingerprint density at radius 3 is 2.92 bits per heavy atom. The molecule has 1 aliphatic heterocycles. The Morgan fingerprint density at radius 2 is 2.08 bits per heavy atom. The number of hydrogen-bond acceptors (Lipinski definition) is 6. The summed E-state index contributed by atoms with van der Waals surface area (Å²) in [5.74, 6) is 0.263. The van der Waals surface area contributed by atoms with Crippen molar-refractivity contribution in [3.05, 3.63) is 48.4 Å². The Bertz CT molecular complexity index is 952. The van der Waals surface area contributed by atoms with Crippen molar-refractivity contribution in [1.82, 2.24) is 24.8 Å². The van der Waals surface area contributed by atoms with E-state index in [0.29, 0.717) is 6.54 Å². The lowest BCUT2D eigenvalue weighted by Gasteiger charge is -2.10. The number of hydrogen-bond donors (Lipinski definition) is 0. The predicted octanol–water partition coefficient (Wildman–Crippen LogP) is 2.09. The highest BCUT2D eigenvalue weighted by atomic mass is 32.2. The van der Waals surface area contributed by atoms with Gasteiger partial charge in [0.05, 0.1) is 29.6 Å². The average Bonchev–Trinajstić information content (AvgIpc) is 3.28. The van der Waals surface area contributed by atoms with Gasteiger partial charge in [-0.15, -0.1) is 0 Å². The Hall–Kier alpha value is -2.74. The van der Waals surface area contributed by atoms with Gasteiger partial charge in [0.2, 0.25) is 0 Å². The van der Waals surface area contributed by atoms with Crippen LogP contribution in [0.15, 0.2) is 53.0 Å². The van der Waals surface area contributed by atoms with Crippen molar-refractivity contribution in [3.8, 4) is 0 Å². The first-order chi connectivity index (χ1) is 12.2. The zero-order chi connectivity index (χ0) is 17.2. The number of benzene rings is 1. The lowest BCUT2D eigenvalue weighted by atomic mass is 10.1. The average molecular weight is 352 g/mol. The fourth-order valence-electron chi connectivity index (χ4n) is 2.73. The molecule has 0 aliphatic carbocycles. The molecule has 3 heterocycles. The number of fused-ring (bicyclic) bond motifs is 1. The highest BCUT2D eigenvalue weighted by Gasteiger charge is 2.22. The Kier molecular flexibility index (Phi) is 4.19. The molecule has 3 aromatic rings. The van der Waals surface area contributed by atoms with Gasteiger partial charge in [-0.05, 0) is 5.56 Å². The van der Waals surface area contributed by atoms with Gasteiger partial charge >= 0.3 is 0 Å². The van der Waals surface area contributed by atoms with E-state index in [1.54, 1.807) is 15.9 Å². The highest BCUT2D eigenvalue weighted by molar-refractivity contribution is 8.00. The van der Waals surface area contributed by atoms with Crippen LogP contribution in [0, 0.1) is 0 Å². The van der Waals surface area contributed by atoms with Gasteiger partial charge in [-0.1, -0.05) is 42.1 Å². The summed E-state index contributed by atoms with van der Waals surface area (Å²) in [6.07, 6.45) is 4.00. The van der Waals surface area contributed by atoms with Crippen molar-refractivity contribution in [2.24, 2.45) is 12.1 Å². The summed E-state index contributed by atoms with van der Waals surface area (Å²) in [6.45, 7) is 0.621. The molecule has 0 unspecified atom stereocenters. The van der Waals surface area contributed by atoms with Crippen molar-refractivity contribution in [3.63, 3.8) is 0 Å². The van der Waals surface area contributed by atoms with Crippen molar-refractivity contribution < 1.29 is 4.79 Å². The van der Waals surface area contributed by atoms with Gasteiger partial charge in [0.15, 0.2) is 5.65 Å². The van der Waals surface area contributed by atoms with Crippen molar-refractivity contribution in [2.45, 2.75) is 11.4 Å². The Morgan fingerprint density at radius 1 is 1.24 bits per heavy atom. The van der Waals surface area contributed by atoms with Crippen LogP contribution in [0.4, 0.5) is 0 Å². The standard InChI is InChI=1S/C17H16N6OS/c1-22-16-13(9-20-22)17(19-11-18-16)25-10-15(24)23-8-7-14(21-23)12-5-3-2-4-6-12/h2-6,9,11H,7-8,10H2,1H3. The third-order valence-corrected chi connectivity index (χ3v) is 5.01. The molecule has 0 spiro atoms. The zero-order valence-corrected chi connectivity index (χ0v) is 14.5. The molecule has 8 heteroatoms. The molecular formula is C17H16N6OS. The molecule has 0 atom stereocenters. The quantitative estimate of drug-likeness (QED) is 0.531. The molecule has 1 aliphatic rings. The largest absolute Gasteiger partial charge is 0.272 e. The van der Waals surface area contributed by atoms with Gasteiger partial charge in [-0.25, -0.2) is 15.0 Å². The first-order valence-corrected chi connectivity index (χ1v) is 8.90. The van der Waals surface area contributed by atoms with Crippen LogP contribution >= 0.6 is 11.8 Å². The molecule has 0 saturated heterocycles. The second-order valence-electron chi connectivity index (χ2n) is 5.65. The SMILES string of the molecule is Cn1ncc2c(SCC(=O)N3CCC(c4ccccc4)=N3)ncnc21. The van der Waals surface area contributed by atoms with E-state index in [9.17, 15) is 4.79 Å². The number of hydrazone groups is 1. The number of carbonyl (C=O) groups is 1. The third-order valence-electron chi connectivity index (χ3n) is 4.02. The molecule has 0 bridgehead atoms. The van der Waals surface area contributed by atoms with E-state index in [4.69, 9.17) is 0 Å². The normalized spacial score (nSPS) is 14.1. The van der Waals surface area contributed by atoms with E-state index >= 15 is 0 Å². The minimum absolute atomic E-state index is 0.0217. The summed E-state index contributed by atoms with van der Waals surface area (Å²) in [7, 11) is 1.83. The van der Waals surface area contributed by atoms with Crippen molar-refractivity contribution in [2.75, 3.05) is 12.3 Å². The molecular weight excluding hydrogens is 336 g/mol. The van der Waals surface area contributed by atoms with Crippen LogP contribution in [0.3, 0.4) is 0 Å². The molecule has 0 N–H and O–H groups in total.